The van der Waals surface area contributed by atoms with Crippen molar-refractivity contribution in [3.8, 4) is 0 Å². The summed E-state index contributed by atoms with van der Waals surface area (Å²) in [5.41, 5.74) is 2.58. The summed E-state index contributed by atoms with van der Waals surface area (Å²) >= 11 is 0. The third kappa shape index (κ3) is 1.99. The topological polar surface area (TPSA) is 32.6 Å². The third-order valence-electron chi connectivity index (χ3n) is 3.48. The van der Waals surface area contributed by atoms with Crippen molar-refractivity contribution in [2.24, 2.45) is 11.1 Å². The van der Waals surface area contributed by atoms with E-state index in [4.69, 9.17) is 5.21 Å². The Labute approximate surface area is 85.7 Å². The highest BCUT2D eigenvalue weighted by Crippen LogP contribution is 2.33. The molecule has 1 saturated carbocycles. The molecule has 0 aromatic rings. The van der Waals surface area contributed by atoms with Gasteiger partial charge in [-0.3, -0.25) is 0 Å². The second-order valence-corrected chi connectivity index (χ2v) is 4.41. The van der Waals surface area contributed by atoms with Crippen LogP contribution in [0.5, 0.6) is 0 Å². The molecule has 2 aliphatic rings. The summed E-state index contributed by atoms with van der Waals surface area (Å²) in [6.07, 6.45) is 12.2. The van der Waals surface area contributed by atoms with E-state index in [0.717, 1.165) is 12.1 Å². The van der Waals surface area contributed by atoms with Gasteiger partial charge in [-0.1, -0.05) is 23.2 Å². The van der Waals surface area contributed by atoms with Gasteiger partial charge in [-0.2, -0.15) is 0 Å². The SMILES string of the molecule is O/N=C1/CCCC[C@@H]1C1=CCCCC1. The maximum absolute atomic E-state index is 8.95. The van der Waals surface area contributed by atoms with E-state index in [1.165, 1.54) is 44.9 Å². The molecule has 0 aromatic carbocycles. The van der Waals surface area contributed by atoms with E-state index >= 15 is 0 Å². The minimum atomic E-state index is 0.481. The van der Waals surface area contributed by atoms with E-state index < -0.39 is 0 Å². The standard InChI is InChI=1S/C12H19NO/c14-13-12-9-5-4-8-11(12)10-6-2-1-3-7-10/h6,11,14H,1-5,7-9H2/b13-12-/t11-/m1/s1. The van der Waals surface area contributed by atoms with Crippen molar-refractivity contribution in [2.45, 2.75) is 51.4 Å². The molecule has 0 heterocycles. The molecule has 1 N–H and O–H groups in total. The van der Waals surface area contributed by atoms with Crippen LogP contribution in [0.1, 0.15) is 51.4 Å². The Hall–Kier alpha value is -0.790. The molecule has 2 rings (SSSR count). The fourth-order valence-electron chi connectivity index (χ4n) is 2.69. The van der Waals surface area contributed by atoms with Crippen LogP contribution < -0.4 is 0 Å². The van der Waals surface area contributed by atoms with Gasteiger partial charge >= 0.3 is 0 Å². The van der Waals surface area contributed by atoms with Crippen LogP contribution in [-0.4, -0.2) is 10.9 Å². The van der Waals surface area contributed by atoms with E-state index in [2.05, 4.69) is 11.2 Å². The van der Waals surface area contributed by atoms with Gasteiger partial charge in [0, 0.05) is 5.92 Å². The van der Waals surface area contributed by atoms with Gasteiger partial charge in [0.2, 0.25) is 0 Å². The smallest absolute Gasteiger partial charge is 0.0641 e. The Morgan fingerprint density at radius 2 is 2.00 bits per heavy atom. The van der Waals surface area contributed by atoms with Crippen molar-refractivity contribution < 1.29 is 5.21 Å². The van der Waals surface area contributed by atoms with Crippen LogP contribution in [0.3, 0.4) is 0 Å². The van der Waals surface area contributed by atoms with Crippen molar-refractivity contribution in [3.63, 3.8) is 0 Å². The number of hydrogen-bond acceptors (Lipinski definition) is 2. The predicted molar refractivity (Wildman–Crippen MR) is 57.7 cm³/mol. The van der Waals surface area contributed by atoms with Gasteiger partial charge in [-0.15, -0.1) is 0 Å². The maximum atomic E-state index is 8.95. The molecule has 0 unspecified atom stereocenters. The van der Waals surface area contributed by atoms with E-state index in [9.17, 15) is 0 Å². The number of nitrogens with zero attached hydrogens (tertiary/aromatic N) is 1. The minimum Gasteiger partial charge on any atom is -0.411 e. The summed E-state index contributed by atoms with van der Waals surface area (Å²) in [7, 11) is 0. The van der Waals surface area contributed by atoms with Crippen LogP contribution in [0, 0.1) is 5.92 Å². The molecule has 0 bridgehead atoms. The molecule has 0 radical (unpaired) electrons. The first kappa shape index (κ1) is 9.75. The summed E-state index contributed by atoms with van der Waals surface area (Å²) in [6.45, 7) is 0. The lowest BCUT2D eigenvalue weighted by Gasteiger charge is -2.27. The molecule has 0 spiro atoms. The van der Waals surface area contributed by atoms with Crippen molar-refractivity contribution in [1.29, 1.82) is 0 Å². The molecule has 0 aromatic heterocycles. The Kier molecular flexibility index (Phi) is 3.22. The largest absolute Gasteiger partial charge is 0.411 e. The van der Waals surface area contributed by atoms with Gasteiger partial charge in [0.25, 0.3) is 0 Å². The second kappa shape index (κ2) is 4.63. The Morgan fingerprint density at radius 3 is 2.71 bits per heavy atom. The molecule has 2 heteroatoms. The molecule has 2 nitrogen and oxygen atoms in total. The maximum Gasteiger partial charge on any atom is 0.0641 e. The number of allylic oxidation sites excluding steroid dienone is 2. The van der Waals surface area contributed by atoms with E-state index in [1.807, 2.05) is 0 Å². The van der Waals surface area contributed by atoms with E-state index in [0.29, 0.717) is 5.92 Å². The molecule has 2 aliphatic carbocycles. The predicted octanol–water partition coefficient (Wildman–Crippen LogP) is 3.51. The lowest BCUT2D eigenvalue weighted by Crippen LogP contribution is -2.22. The highest BCUT2D eigenvalue weighted by molar-refractivity contribution is 5.89. The van der Waals surface area contributed by atoms with Crippen LogP contribution in [0.4, 0.5) is 0 Å². The molecule has 1 fully saturated rings. The van der Waals surface area contributed by atoms with Crippen molar-refractivity contribution in [1.82, 2.24) is 0 Å². The second-order valence-electron chi connectivity index (χ2n) is 4.41. The molecule has 0 saturated heterocycles. The summed E-state index contributed by atoms with van der Waals surface area (Å²) in [5.74, 6) is 0.481. The van der Waals surface area contributed by atoms with Gasteiger partial charge < -0.3 is 5.21 Å². The van der Waals surface area contributed by atoms with Gasteiger partial charge in [0.1, 0.15) is 0 Å². The Balaban J connectivity index is 2.10. The average molecular weight is 193 g/mol. The Morgan fingerprint density at radius 1 is 1.14 bits per heavy atom. The minimum absolute atomic E-state index is 0.481. The number of rotatable bonds is 1. The molecular weight excluding hydrogens is 174 g/mol. The first-order valence-corrected chi connectivity index (χ1v) is 5.81. The highest BCUT2D eigenvalue weighted by Gasteiger charge is 2.24. The summed E-state index contributed by atoms with van der Waals surface area (Å²) in [4.78, 5) is 0. The average Bonchev–Trinajstić information content (AvgIpc) is 2.30. The zero-order valence-corrected chi connectivity index (χ0v) is 8.71. The zero-order chi connectivity index (χ0) is 9.80. The lowest BCUT2D eigenvalue weighted by molar-refractivity contribution is 0.310. The van der Waals surface area contributed by atoms with Gasteiger partial charge in [-0.05, 0) is 44.9 Å². The van der Waals surface area contributed by atoms with Crippen LogP contribution in [0.15, 0.2) is 16.8 Å². The molecule has 14 heavy (non-hydrogen) atoms. The van der Waals surface area contributed by atoms with Gasteiger partial charge in [0.15, 0.2) is 0 Å². The van der Waals surface area contributed by atoms with Crippen LogP contribution in [0.25, 0.3) is 0 Å². The van der Waals surface area contributed by atoms with Crippen molar-refractivity contribution in [3.05, 3.63) is 11.6 Å². The normalized spacial score (nSPS) is 31.6. The number of oxime groups is 1. The van der Waals surface area contributed by atoms with Crippen molar-refractivity contribution in [2.75, 3.05) is 0 Å². The summed E-state index contributed by atoms with van der Waals surface area (Å²) in [5, 5.41) is 12.4. The molecule has 78 valence electrons. The first-order valence-electron chi connectivity index (χ1n) is 5.81. The quantitative estimate of drug-likeness (QED) is 0.386. The molecule has 0 amide bonds. The molecule has 0 aliphatic heterocycles. The molecule has 1 atom stereocenters. The van der Waals surface area contributed by atoms with E-state index in [-0.39, 0.29) is 0 Å². The fraction of sp³-hybridized carbons (Fsp3) is 0.750. The Bertz CT molecular complexity index is 255. The molecular formula is C12H19NO. The third-order valence-corrected chi connectivity index (χ3v) is 3.48. The lowest BCUT2D eigenvalue weighted by atomic mass is 9.78. The van der Waals surface area contributed by atoms with Crippen LogP contribution in [0.2, 0.25) is 0 Å². The monoisotopic (exact) mass is 193 g/mol. The van der Waals surface area contributed by atoms with Crippen LogP contribution in [-0.2, 0) is 0 Å². The van der Waals surface area contributed by atoms with E-state index in [1.54, 1.807) is 5.57 Å². The summed E-state index contributed by atoms with van der Waals surface area (Å²) in [6, 6.07) is 0. The highest BCUT2D eigenvalue weighted by atomic mass is 16.4. The van der Waals surface area contributed by atoms with Gasteiger partial charge in [0.05, 0.1) is 5.71 Å². The summed E-state index contributed by atoms with van der Waals surface area (Å²) < 4.78 is 0. The van der Waals surface area contributed by atoms with Gasteiger partial charge in [-0.25, -0.2) is 0 Å². The van der Waals surface area contributed by atoms with Crippen LogP contribution >= 0.6 is 0 Å². The van der Waals surface area contributed by atoms with Crippen molar-refractivity contribution >= 4 is 5.71 Å². The zero-order valence-electron chi connectivity index (χ0n) is 8.71. The number of hydrogen-bond donors (Lipinski definition) is 1. The first-order chi connectivity index (χ1) is 6.92. The fourth-order valence-corrected chi connectivity index (χ4v) is 2.69.